The van der Waals surface area contributed by atoms with Crippen LogP contribution in [-0.4, -0.2) is 0 Å². The largest absolute Gasteiger partial charge is 0.324 e. The van der Waals surface area contributed by atoms with Crippen LogP contribution in [0.5, 0.6) is 0 Å². The summed E-state index contributed by atoms with van der Waals surface area (Å²) in [5.74, 6) is -0.147. The van der Waals surface area contributed by atoms with Crippen LogP contribution >= 0.6 is 35.6 Å². The smallest absolute Gasteiger partial charge is 0.148 e. The second kappa shape index (κ2) is 6.95. The Bertz CT molecular complexity index is 405. The molecule has 1 aromatic carbocycles. The molecule has 0 spiro atoms. The number of hydrogen-bond acceptors (Lipinski definition) is 1. The molecule has 0 bridgehead atoms. The highest BCUT2D eigenvalue weighted by atomic mass is 35.5. The lowest BCUT2D eigenvalue weighted by Crippen LogP contribution is -2.25. The third kappa shape index (κ3) is 3.30. The average molecular weight is 313 g/mol. The van der Waals surface area contributed by atoms with Crippen molar-refractivity contribution in [3.8, 4) is 0 Å². The third-order valence-electron chi connectivity index (χ3n) is 3.57. The molecule has 0 amide bonds. The van der Waals surface area contributed by atoms with Crippen molar-refractivity contribution in [3.63, 3.8) is 0 Å². The Morgan fingerprint density at radius 1 is 1.11 bits per heavy atom. The first kappa shape index (κ1) is 16.0. The summed E-state index contributed by atoms with van der Waals surface area (Å²) < 4.78 is 14.0. The molecule has 1 nitrogen and oxygen atoms in total. The van der Waals surface area contributed by atoms with Crippen LogP contribution in [0, 0.1) is 11.7 Å². The number of benzene rings is 1. The summed E-state index contributed by atoms with van der Waals surface area (Å²) in [4.78, 5) is 0. The van der Waals surface area contributed by atoms with Crippen molar-refractivity contribution in [2.45, 2.75) is 38.1 Å². The predicted molar refractivity (Wildman–Crippen MR) is 77.2 cm³/mol. The summed E-state index contributed by atoms with van der Waals surface area (Å²) in [6.07, 6.45) is 5.66. The highest BCUT2D eigenvalue weighted by molar-refractivity contribution is 6.33. The zero-order valence-electron chi connectivity index (χ0n) is 9.96. The van der Waals surface area contributed by atoms with Crippen molar-refractivity contribution in [2.75, 3.05) is 0 Å². The van der Waals surface area contributed by atoms with E-state index in [1.54, 1.807) is 6.07 Å². The van der Waals surface area contributed by atoms with Gasteiger partial charge >= 0.3 is 0 Å². The van der Waals surface area contributed by atoms with Gasteiger partial charge in [-0.25, -0.2) is 4.39 Å². The summed E-state index contributed by atoms with van der Waals surface area (Å²) in [5, 5.41) is 0.473. The molecule has 1 atom stereocenters. The number of halogens is 4. The Labute approximate surface area is 123 Å². The van der Waals surface area contributed by atoms with Crippen LogP contribution in [0.1, 0.15) is 43.7 Å². The maximum absolute atomic E-state index is 14.0. The van der Waals surface area contributed by atoms with Crippen molar-refractivity contribution in [1.29, 1.82) is 0 Å². The fourth-order valence-electron chi connectivity index (χ4n) is 2.58. The van der Waals surface area contributed by atoms with Gasteiger partial charge in [-0.3, -0.25) is 0 Å². The van der Waals surface area contributed by atoms with Crippen LogP contribution in [0.15, 0.2) is 12.1 Å². The fraction of sp³-hybridized carbons (Fsp3) is 0.538. The number of rotatable bonds is 2. The van der Waals surface area contributed by atoms with Crippen LogP contribution in [0.2, 0.25) is 10.0 Å². The first-order chi connectivity index (χ1) is 8.11. The van der Waals surface area contributed by atoms with Gasteiger partial charge in [-0.2, -0.15) is 0 Å². The van der Waals surface area contributed by atoms with Gasteiger partial charge in [-0.1, -0.05) is 42.5 Å². The molecular weight excluding hydrogens is 296 g/mol. The molecule has 2 rings (SSSR count). The van der Waals surface area contributed by atoms with E-state index in [2.05, 4.69) is 0 Å². The van der Waals surface area contributed by atoms with Gasteiger partial charge < -0.3 is 5.73 Å². The normalized spacial score (nSPS) is 18.2. The molecule has 102 valence electrons. The van der Waals surface area contributed by atoms with Crippen LogP contribution in [-0.2, 0) is 0 Å². The molecule has 5 heteroatoms. The maximum Gasteiger partial charge on any atom is 0.148 e. The lowest BCUT2D eigenvalue weighted by Gasteiger charge is -2.28. The first-order valence-electron chi connectivity index (χ1n) is 6.00. The van der Waals surface area contributed by atoms with Crippen molar-refractivity contribution in [3.05, 3.63) is 33.6 Å². The highest BCUT2D eigenvalue weighted by Gasteiger charge is 2.26. The van der Waals surface area contributed by atoms with E-state index >= 15 is 0 Å². The first-order valence-corrected chi connectivity index (χ1v) is 6.76. The topological polar surface area (TPSA) is 26.0 Å². The van der Waals surface area contributed by atoms with Gasteiger partial charge in [0.05, 0.1) is 5.02 Å². The van der Waals surface area contributed by atoms with E-state index in [4.69, 9.17) is 28.9 Å². The van der Waals surface area contributed by atoms with E-state index in [0.717, 1.165) is 25.7 Å². The molecule has 1 aliphatic rings. The minimum atomic E-state index is -0.461. The van der Waals surface area contributed by atoms with Crippen molar-refractivity contribution in [1.82, 2.24) is 0 Å². The summed E-state index contributed by atoms with van der Waals surface area (Å²) >= 11 is 11.8. The number of nitrogens with two attached hydrogens (primary N) is 1. The van der Waals surface area contributed by atoms with E-state index in [9.17, 15) is 4.39 Å². The Morgan fingerprint density at radius 2 is 1.67 bits per heavy atom. The molecule has 0 aliphatic heterocycles. The molecule has 0 aromatic heterocycles. The monoisotopic (exact) mass is 311 g/mol. The predicted octanol–water partition coefficient (Wildman–Crippen LogP) is 5.13. The molecule has 1 aromatic rings. The Hall–Kier alpha value is -0.0200. The average Bonchev–Trinajstić information content (AvgIpc) is 2.35. The summed E-state index contributed by atoms with van der Waals surface area (Å²) in [6.45, 7) is 0. The maximum atomic E-state index is 14.0. The molecule has 0 saturated heterocycles. The quantitative estimate of drug-likeness (QED) is 0.752. The van der Waals surface area contributed by atoms with E-state index in [0.29, 0.717) is 16.5 Å². The van der Waals surface area contributed by atoms with Crippen LogP contribution in [0.25, 0.3) is 0 Å². The molecular formula is C13H17Cl3FN. The summed E-state index contributed by atoms with van der Waals surface area (Å²) in [7, 11) is 0. The van der Waals surface area contributed by atoms with Gasteiger partial charge in [-0.15, -0.1) is 12.4 Å². The summed E-state index contributed by atoms with van der Waals surface area (Å²) in [6, 6.07) is 2.74. The Balaban J connectivity index is 0.00000162. The molecule has 1 fully saturated rings. The zero-order chi connectivity index (χ0) is 12.4. The lowest BCUT2D eigenvalue weighted by molar-refractivity contribution is 0.303. The van der Waals surface area contributed by atoms with E-state index in [-0.39, 0.29) is 23.5 Å². The van der Waals surface area contributed by atoms with E-state index < -0.39 is 5.82 Å². The van der Waals surface area contributed by atoms with Gasteiger partial charge in [0, 0.05) is 16.6 Å². The minimum Gasteiger partial charge on any atom is -0.324 e. The van der Waals surface area contributed by atoms with Gasteiger partial charge in [-0.05, 0) is 30.9 Å². The van der Waals surface area contributed by atoms with Gasteiger partial charge in [0.25, 0.3) is 0 Å². The third-order valence-corrected chi connectivity index (χ3v) is 4.19. The SMILES string of the molecule is Cl.N[C@@H](c1c(Cl)ccc(Cl)c1F)C1CCCCC1. The molecule has 18 heavy (non-hydrogen) atoms. The van der Waals surface area contributed by atoms with Gasteiger partial charge in [0.2, 0.25) is 0 Å². The second-order valence-electron chi connectivity index (χ2n) is 4.68. The highest BCUT2D eigenvalue weighted by Crippen LogP contribution is 2.38. The zero-order valence-corrected chi connectivity index (χ0v) is 12.3. The molecule has 0 radical (unpaired) electrons. The Morgan fingerprint density at radius 3 is 2.28 bits per heavy atom. The van der Waals surface area contributed by atoms with Crippen LogP contribution in [0.3, 0.4) is 0 Å². The van der Waals surface area contributed by atoms with Crippen molar-refractivity contribution >= 4 is 35.6 Å². The Kier molecular flexibility index (Phi) is 6.19. The van der Waals surface area contributed by atoms with Gasteiger partial charge in [0.1, 0.15) is 5.82 Å². The molecule has 0 heterocycles. The molecule has 1 saturated carbocycles. The second-order valence-corrected chi connectivity index (χ2v) is 5.50. The van der Waals surface area contributed by atoms with E-state index in [1.807, 2.05) is 0 Å². The fourth-order valence-corrected chi connectivity index (χ4v) is 3.01. The molecule has 1 aliphatic carbocycles. The van der Waals surface area contributed by atoms with Gasteiger partial charge in [0.15, 0.2) is 0 Å². The van der Waals surface area contributed by atoms with Crippen LogP contribution < -0.4 is 5.73 Å². The van der Waals surface area contributed by atoms with Crippen molar-refractivity contribution in [2.24, 2.45) is 11.7 Å². The van der Waals surface area contributed by atoms with Crippen molar-refractivity contribution < 1.29 is 4.39 Å². The lowest BCUT2D eigenvalue weighted by atomic mass is 9.81. The van der Waals surface area contributed by atoms with Crippen LogP contribution in [0.4, 0.5) is 4.39 Å². The van der Waals surface area contributed by atoms with E-state index in [1.165, 1.54) is 12.5 Å². The standard InChI is InChI=1S/C13H16Cl2FN.ClH/c14-9-6-7-10(15)12(16)11(9)13(17)8-4-2-1-3-5-8;/h6-8,13H,1-5,17H2;1H/t13-;/m1./s1. The molecule has 2 N–H and O–H groups in total. The summed E-state index contributed by atoms with van der Waals surface area (Å²) in [5.41, 5.74) is 6.54. The minimum absolute atomic E-state index is 0. The molecule has 0 unspecified atom stereocenters. The number of hydrogen-bond donors (Lipinski definition) is 1.